The van der Waals surface area contributed by atoms with Crippen LogP contribution in [0.3, 0.4) is 0 Å². The molecule has 4 heterocycles. The van der Waals surface area contributed by atoms with Gasteiger partial charge >= 0.3 is 0 Å². The molecule has 0 aliphatic carbocycles. The molecule has 236 valence electrons. The summed E-state index contributed by atoms with van der Waals surface area (Å²) in [7, 11) is 0. The van der Waals surface area contributed by atoms with Crippen LogP contribution in [-0.4, -0.2) is 57.3 Å². The van der Waals surface area contributed by atoms with Crippen LogP contribution >= 0.6 is 0 Å². The van der Waals surface area contributed by atoms with Crippen molar-refractivity contribution in [3.8, 4) is 0 Å². The van der Waals surface area contributed by atoms with E-state index in [0.29, 0.717) is 24.1 Å². The van der Waals surface area contributed by atoms with Gasteiger partial charge in [0, 0.05) is 24.2 Å². The topological polar surface area (TPSA) is 133 Å². The lowest BCUT2D eigenvalue weighted by molar-refractivity contribution is -0.136. The van der Waals surface area contributed by atoms with Crippen molar-refractivity contribution in [2.24, 2.45) is 0 Å². The van der Waals surface area contributed by atoms with Gasteiger partial charge in [-0.3, -0.25) is 39.0 Å². The largest absolute Gasteiger partial charge is 0.329 e. The SMILES string of the molecule is C=C1CCC(N2Cc3c(cccc3C(C)(C)C)C2=O)C(=O)N1.CC(C)(C)c1cccc2c1C(=O)N(C1CCC(=O)NC1=O)C2=O. The van der Waals surface area contributed by atoms with Gasteiger partial charge in [0.1, 0.15) is 12.1 Å². The number of allylic oxidation sites excluding steroid dienone is 1. The van der Waals surface area contributed by atoms with E-state index in [2.05, 4.69) is 44.1 Å². The van der Waals surface area contributed by atoms with Crippen LogP contribution in [-0.2, 0) is 31.8 Å². The quantitative estimate of drug-likeness (QED) is 0.491. The monoisotopic (exact) mass is 612 g/mol. The lowest BCUT2D eigenvalue weighted by atomic mass is 9.82. The standard InChI is InChI=1S/C18H22N2O2.C17H18N2O4/c1-11-8-9-15(16(21)19-11)20-10-13-12(17(20)22)6-5-7-14(13)18(2,3)4;1-17(2,3)10-6-4-5-9-13(10)16(23)19(15(9)22)11-7-8-12(20)18-14(11)21/h5-7,15H,1,8-10H2,2-4H3,(H,19,21);4-6,11H,7-8H2,1-3H3,(H,18,20,21). The van der Waals surface area contributed by atoms with Crippen LogP contribution in [0.2, 0.25) is 0 Å². The number of carbonyl (C=O) groups excluding carboxylic acids is 6. The third-order valence-corrected chi connectivity index (χ3v) is 8.78. The van der Waals surface area contributed by atoms with Crippen LogP contribution in [0.15, 0.2) is 48.7 Å². The Hall–Kier alpha value is -4.60. The molecule has 6 rings (SSSR count). The van der Waals surface area contributed by atoms with Crippen molar-refractivity contribution in [2.75, 3.05) is 0 Å². The molecule has 6 amide bonds. The normalized spacial score (nSPS) is 21.7. The molecule has 4 aliphatic rings. The maximum absolute atomic E-state index is 12.8. The number of hydrogen-bond acceptors (Lipinski definition) is 6. The average Bonchev–Trinajstić information content (AvgIpc) is 3.41. The van der Waals surface area contributed by atoms with Crippen molar-refractivity contribution in [1.82, 2.24) is 20.4 Å². The van der Waals surface area contributed by atoms with E-state index in [9.17, 15) is 28.8 Å². The third kappa shape index (κ3) is 5.81. The molecule has 2 fully saturated rings. The second-order valence-corrected chi connectivity index (χ2v) is 14.1. The number of piperidine rings is 2. The first-order valence-electron chi connectivity index (χ1n) is 15.3. The molecule has 0 saturated carbocycles. The van der Waals surface area contributed by atoms with Gasteiger partial charge in [-0.2, -0.15) is 0 Å². The Labute approximate surface area is 263 Å². The van der Waals surface area contributed by atoms with Crippen LogP contribution in [0.5, 0.6) is 0 Å². The summed E-state index contributed by atoms with van der Waals surface area (Å²) in [4.78, 5) is 76.5. The summed E-state index contributed by atoms with van der Waals surface area (Å²) in [6.07, 6.45) is 1.66. The van der Waals surface area contributed by atoms with E-state index in [0.717, 1.165) is 33.7 Å². The number of imide groups is 2. The highest BCUT2D eigenvalue weighted by Crippen LogP contribution is 2.36. The molecule has 0 radical (unpaired) electrons. The Kier molecular flexibility index (Phi) is 8.06. The fourth-order valence-electron chi connectivity index (χ4n) is 6.51. The molecule has 2 unspecified atom stereocenters. The molecular weight excluding hydrogens is 572 g/mol. The van der Waals surface area contributed by atoms with Crippen molar-refractivity contribution < 1.29 is 28.8 Å². The zero-order valence-electron chi connectivity index (χ0n) is 26.7. The number of amides is 6. The van der Waals surface area contributed by atoms with Crippen LogP contribution in [0.25, 0.3) is 0 Å². The van der Waals surface area contributed by atoms with E-state index < -0.39 is 29.8 Å². The molecule has 4 aliphatic heterocycles. The van der Waals surface area contributed by atoms with Gasteiger partial charge in [0.2, 0.25) is 17.7 Å². The van der Waals surface area contributed by atoms with E-state index in [1.54, 1.807) is 17.0 Å². The maximum atomic E-state index is 12.8. The number of nitrogens with zero attached hydrogens (tertiary/aromatic N) is 2. The first-order chi connectivity index (χ1) is 21.0. The maximum Gasteiger partial charge on any atom is 0.262 e. The van der Waals surface area contributed by atoms with E-state index >= 15 is 0 Å². The van der Waals surface area contributed by atoms with Gasteiger partial charge in [0.25, 0.3) is 17.7 Å². The second-order valence-electron chi connectivity index (χ2n) is 14.1. The molecule has 45 heavy (non-hydrogen) atoms. The molecule has 2 saturated heterocycles. The predicted octanol–water partition coefficient (Wildman–Crippen LogP) is 4.12. The van der Waals surface area contributed by atoms with Crippen LogP contribution in [0, 0.1) is 0 Å². The zero-order chi connectivity index (χ0) is 33.0. The summed E-state index contributed by atoms with van der Waals surface area (Å²) < 4.78 is 0. The first kappa shape index (κ1) is 31.8. The Bertz CT molecular complexity index is 1660. The number of rotatable bonds is 2. The number of nitrogens with one attached hydrogen (secondary N) is 2. The summed E-state index contributed by atoms with van der Waals surface area (Å²) >= 11 is 0. The Morgan fingerprint density at radius 2 is 1.27 bits per heavy atom. The van der Waals surface area contributed by atoms with Gasteiger partial charge in [-0.25, -0.2) is 0 Å². The number of fused-ring (bicyclic) bond motifs is 2. The molecule has 2 atom stereocenters. The van der Waals surface area contributed by atoms with Gasteiger partial charge in [-0.1, -0.05) is 72.4 Å². The summed E-state index contributed by atoms with van der Waals surface area (Å²) in [5, 5.41) is 4.97. The molecule has 0 aromatic heterocycles. The molecule has 2 aromatic carbocycles. The minimum Gasteiger partial charge on any atom is -0.329 e. The highest BCUT2D eigenvalue weighted by Gasteiger charge is 2.46. The minimum absolute atomic E-state index is 0.0231. The van der Waals surface area contributed by atoms with Crippen molar-refractivity contribution >= 4 is 35.4 Å². The Morgan fingerprint density at radius 1 is 0.689 bits per heavy atom. The molecule has 0 bridgehead atoms. The zero-order valence-corrected chi connectivity index (χ0v) is 26.7. The highest BCUT2D eigenvalue weighted by molar-refractivity contribution is 6.24. The lowest BCUT2D eigenvalue weighted by Crippen LogP contribution is -2.54. The first-order valence-corrected chi connectivity index (χ1v) is 15.3. The van der Waals surface area contributed by atoms with Crippen molar-refractivity contribution in [3.63, 3.8) is 0 Å². The predicted molar refractivity (Wildman–Crippen MR) is 167 cm³/mol. The number of benzene rings is 2. The fourth-order valence-corrected chi connectivity index (χ4v) is 6.51. The summed E-state index contributed by atoms with van der Waals surface area (Å²) in [6.45, 7) is 16.7. The van der Waals surface area contributed by atoms with Crippen LogP contribution < -0.4 is 10.6 Å². The average molecular weight is 613 g/mol. The Morgan fingerprint density at radius 3 is 1.87 bits per heavy atom. The van der Waals surface area contributed by atoms with Crippen molar-refractivity contribution in [1.29, 1.82) is 0 Å². The lowest BCUT2D eigenvalue weighted by Gasteiger charge is -2.31. The second kappa shape index (κ2) is 11.4. The number of hydrogen-bond donors (Lipinski definition) is 2. The van der Waals surface area contributed by atoms with Gasteiger partial charge in [-0.15, -0.1) is 0 Å². The van der Waals surface area contributed by atoms with Crippen molar-refractivity contribution in [2.45, 2.75) is 96.7 Å². The molecule has 0 spiro atoms. The van der Waals surface area contributed by atoms with E-state index in [1.165, 1.54) is 5.56 Å². The van der Waals surface area contributed by atoms with Crippen molar-refractivity contribution in [3.05, 3.63) is 82.1 Å². The molecular formula is C35H40N4O6. The van der Waals surface area contributed by atoms with Crippen LogP contribution in [0.1, 0.15) is 115 Å². The van der Waals surface area contributed by atoms with Gasteiger partial charge in [0.05, 0.1) is 11.1 Å². The van der Waals surface area contributed by atoms with Crippen LogP contribution in [0.4, 0.5) is 0 Å². The number of carbonyl (C=O) groups is 6. The molecule has 2 N–H and O–H groups in total. The van der Waals surface area contributed by atoms with E-state index in [-0.39, 0.29) is 41.4 Å². The smallest absolute Gasteiger partial charge is 0.262 e. The molecule has 10 heteroatoms. The summed E-state index contributed by atoms with van der Waals surface area (Å²) in [5.41, 5.74) is 4.88. The van der Waals surface area contributed by atoms with Gasteiger partial charge in [0.15, 0.2) is 0 Å². The summed E-state index contributed by atoms with van der Waals surface area (Å²) in [6, 6.07) is 9.76. The fraction of sp³-hybridized carbons (Fsp3) is 0.429. The van der Waals surface area contributed by atoms with E-state index in [1.807, 2.05) is 39.0 Å². The molecule has 2 aromatic rings. The van der Waals surface area contributed by atoms with Gasteiger partial charge < -0.3 is 10.2 Å². The van der Waals surface area contributed by atoms with E-state index in [4.69, 9.17) is 0 Å². The summed E-state index contributed by atoms with van der Waals surface area (Å²) in [5.74, 6) is -2.04. The highest BCUT2D eigenvalue weighted by atomic mass is 16.2. The van der Waals surface area contributed by atoms with Gasteiger partial charge in [-0.05, 0) is 58.9 Å². The third-order valence-electron chi connectivity index (χ3n) is 8.78. The minimum atomic E-state index is -0.923. The Balaban J connectivity index is 0.000000178. The molecule has 10 nitrogen and oxygen atoms in total.